The number of aromatic amines is 1. The number of halogens is 1. The summed E-state index contributed by atoms with van der Waals surface area (Å²) in [6.07, 6.45) is 1.33. The van der Waals surface area contributed by atoms with Gasteiger partial charge in [0.25, 0.3) is 5.91 Å². The Labute approximate surface area is 120 Å². The molecule has 0 spiro atoms. The maximum absolute atomic E-state index is 13.4. The van der Waals surface area contributed by atoms with Gasteiger partial charge in [-0.3, -0.25) is 9.59 Å². The van der Waals surface area contributed by atoms with Crippen molar-refractivity contribution in [2.75, 3.05) is 11.9 Å². The van der Waals surface area contributed by atoms with Gasteiger partial charge in [-0.25, -0.2) is 4.39 Å². The molecule has 2 rings (SSSR count). The quantitative estimate of drug-likeness (QED) is 0.908. The Hall–Kier alpha value is -2.63. The molecule has 0 unspecified atom stereocenters. The van der Waals surface area contributed by atoms with E-state index in [-0.39, 0.29) is 11.4 Å². The second kappa shape index (κ2) is 6.21. The highest BCUT2D eigenvalue weighted by atomic mass is 19.1. The molecule has 0 aliphatic carbocycles. The van der Waals surface area contributed by atoms with Gasteiger partial charge in [0.15, 0.2) is 5.75 Å². The van der Waals surface area contributed by atoms with Crippen LogP contribution in [0.2, 0.25) is 0 Å². The van der Waals surface area contributed by atoms with Gasteiger partial charge in [0, 0.05) is 18.0 Å². The van der Waals surface area contributed by atoms with E-state index in [4.69, 9.17) is 4.74 Å². The molecule has 0 saturated carbocycles. The number of rotatable bonds is 4. The number of amides is 1. The average Bonchev–Trinajstić information content (AvgIpc) is 2.45. The molecule has 1 aromatic heterocycles. The van der Waals surface area contributed by atoms with Crippen LogP contribution in [0.1, 0.15) is 23.0 Å². The fourth-order valence-corrected chi connectivity index (χ4v) is 1.73. The first-order valence-corrected chi connectivity index (χ1v) is 6.44. The molecule has 110 valence electrons. The van der Waals surface area contributed by atoms with Gasteiger partial charge in [0.1, 0.15) is 11.5 Å². The normalized spacial score (nSPS) is 10.2. The van der Waals surface area contributed by atoms with Crippen LogP contribution in [-0.4, -0.2) is 17.5 Å². The van der Waals surface area contributed by atoms with Crippen molar-refractivity contribution in [2.45, 2.75) is 13.8 Å². The first-order valence-electron chi connectivity index (χ1n) is 6.44. The van der Waals surface area contributed by atoms with Gasteiger partial charge in [0.2, 0.25) is 5.43 Å². The van der Waals surface area contributed by atoms with Crippen LogP contribution in [0.25, 0.3) is 0 Å². The summed E-state index contributed by atoms with van der Waals surface area (Å²) in [5.41, 5.74) is 0.487. The smallest absolute Gasteiger partial charge is 0.272 e. The summed E-state index contributed by atoms with van der Waals surface area (Å²) >= 11 is 0. The summed E-state index contributed by atoms with van der Waals surface area (Å²) in [5, 5.41) is 2.52. The van der Waals surface area contributed by atoms with Gasteiger partial charge >= 0.3 is 0 Å². The monoisotopic (exact) mass is 290 g/mol. The molecule has 0 saturated heterocycles. The molecule has 5 nitrogen and oxygen atoms in total. The molecule has 0 aliphatic heterocycles. The number of carbonyl (C=O) groups excluding carboxylic acids is 1. The first-order chi connectivity index (χ1) is 10.0. The minimum Gasteiger partial charge on any atom is -0.488 e. The molecule has 2 N–H and O–H groups in total. The Morgan fingerprint density at radius 3 is 2.76 bits per heavy atom. The molecule has 0 fully saturated rings. The van der Waals surface area contributed by atoms with E-state index in [9.17, 15) is 14.0 Å². The third kappa shape index (κ3) is 3.47. The minimum atomic E-state index is -0.529. The fourth-order valence-electron chi connectivity index (χ4n) is 1.73. The summed E-state index contributed by atoms with van der Waals surface area (Å²) in [6.45, 7) is 3.74. The summed E-state index contributed by atoms with van der Waals surface area (Å²) in [6, 6.07) is 5.51. The van der Waals surface area contributed by atoms with Gasteiger partial charge in [-0.05, 0) is 31.5 Å². The third-order valence-corrected chi connectivity index (χ3v) is 2.85. The van der Waals surface area contributed by atoms with E-state index < -0.39 is 17.2 Å². The highest BCUT2D eigenvalue weighted by molar-refractivity contribution is 6.02. The number of nitrogens with one attached hydrogen (secondary N) is 2. The number of H-pyrrole nitrogens is 1. The lowest BCUT2D eigenvalue weighted by Gasteiger charge is -2.07. The summed E-state index contributed by atoms with van der Waals surface area (Å²) in [4.78, 5) is 26.4. The molecule has 2 aromatic rings. The van der Waals surface area contributed by atoms with Gasteiger partial charge in [-0.1, -0.05) is 6.07 Å². The van der Waals surface area contributed by atoms with E-state index in [2.05, 4.69) is 10.3 Å². The van der Waals surface area contributed by atoms with Crippen molar-refractivity contribution in [3.05, 3.63) is 57.8 Å². The third-order valence-electron chi connectivity index (χ3n) is 2.85. The van der Waals surface area contributed by atoms with Crippen molar-refractivity contribution >= 4 is 11.6 Å². The number of hydrogen-bond donors (Lipinski definition) is 2. The predicted molar refractivity (Wildman–Crippen MR) is 77.3 cm³/mol. The Morgan fingerprint density at radius 2 is 2.14 bits per heavy atom. The Morgan fingerprint density at radius 1 is 1.38 bits per heavy atom. The average molecular weight is 290 g/mol. The van der Waals surface area contributed by atoms with Crippen molar-refractivity contribution < 1.29 is 13.9 Å². The van der Waals surface area contributed by atoms with Crippen molar-refractivity contribution in [1.29, 1.82) is 0 Å². The molecular formula is C15H15FN2O3. The molecule has 0 radical (unpaired) electrons. The zero-order chi connectivity index (χ0) is 15.4. The van der Waals surface area contributed by atoms with Crippen molar-refractivity contribution in [3.63, 3.8) is 0 Å². The standard InChI is InChI=1S/C15H15FN2O3/c1-3-21-14-8-17-12(7-13(14)19)15(20)18-10-5-4-9(2)11(16)6-10/h4-8H,3H2,1-2H3,(H,17,19)(H,18,20). The van der Waals surface area contributed by atoms with Crippen LogP contribution >= 0.6 is 0 Å². The SMILES string of the molecule is CCOc1c[nH]c(C(=O)Nc2ccc(C)c(F)c2)cc1=O. The molecule has 1 heterocycles. The number of hydrogen-bond acceptors (Lipinski definition) is 3. The molecule has 0 bridgehead atoms. The number of aromatic nitrogens is 1. The lowest BCUT2D eigenvalue weighted by molar-refractivity contribution is 0.102. The summed E-state index contributed by atoms with van der Waals surface area (Å²) in [7, 11) is 0. The number of pyridine rings is 1. The zero-order valence-corrected chi connectivity index (χ0v) is 11.7. The lowest BCUT2D eigenvalue weighted by Crippen LogP contribution is -2.17. The Bertz CT molecular complexity index is 725. The van der Waals surface area contributed by atoms with Crippen LogP contribution in [0.5, 0.6) is 5.75 Å². The Balaban J connectivity index is 2.18. The number of carbonyl (C=O) groups is 1. The van der Waals surface area contributed by atoms with Crippen LogP contribution in [0.4, 0.5) is 10.1 Å². The number of benzene rings is 1. The van der Waals surface area contributed by atoms with E-state index in [0.29, 0.717) is 17.9 Å². The van der Waals surface area contributed by atoms with Gasteiger partial charge in [-0.2, -0.15) is 0 Å². The van der Waals surface area contributed by atoms with Crippen molar-refractivity contribution in [2.24, 2.45) is 0 Å². The summed E-state index contributed by atoms with van der Waals surface area (Å²) in [5.74, 6) is -0.790. The van der Waals surface area contributed by atoms with Crippen LogP contribution in [0.3, 0.4) is 0 Å². The van der Waals surface area contributed by atoms with Crippen LogP contribution in [0.15, 0.2) is 35.3 Å². The molecule has 21 heavy (non-hydrogen) atoms. The first kappa shape index (κ1) is 14.8. The van der Waals surface area contributed by atoms with E-state index in [0.717, 1.165) is 6.07 Å². The molecule has 1 amide bonds. The Kier molecular flexibility index (Phi) is 4.37. The van der Waals surface area contributed by atoms with Crippen molar-refractivity contribution in [1.82, 2.24) is 4.98 Å². The molecule has 1 aromatic carbocycles. The maximum Gasteiger partial charge on any atom is 0.272 e. The number of anilines is 1. The number of aryl methyl sites for hydroxylation is 1. The van der Waals surface area contributed by atoms with E-state index in [1.165, 1.54) is 12.3 Å². The fraction of sp³-hybridized carbons (Fsp3) is 0.200. The second-order valence-electron chi connectivity index (χ2n) is 4.43. The van der Waals surface area contributed by atoms with E-state index >= 15 is 0 Å². The molecular weight excluding hydrogens is 275 g/mol. The largest absolute Gasteiger partial charge is 0.488 e. The molecule has 0 aliphatic rings. The second-order valence-corrected chi connectivity index (χ2v) is 4.43. The van der Waals surface area contributed by atoms with Crippen molar-refractivity contribution in [3.8, 4) is 5.75 Å². The van der Waals surface area contributed by atoms with E-state index in [1.807, 2.05) is 0 Å². The van der Waals surface area contributed by atoms with E-state index in [1.54, 1.807) is 26.0 Å². The summed E-state index contributed by atoms with van der Waals surface area (Å²) < 4.78 is 18.5. The highest BCUT2D eigenvalue weighted by Gasteiger charge is 2.10. The van der Waals surface area contributed by atoms with Crippen LogP contribution in [-0.2, 0) is 0 Å². The lowest BCUT2D eigenvalue weighted by atomic mass is 10.2. The zero-order valence-electron chi connectivity index (χ0n) is 11.7. The molecule has 0 atom stereocenters. The topological polar surface area (TPSA) is 71.2 Å². The highest BCUT2D eigenvalue weighted by Crippen LogP contribution is 2.14. The minimum absolute atomic E-state index is 0.0736. The van der Waals surface area contributed by atoms with Crippen LogP contribution < -0.4 is 15.5 Å². The molecule has 6 heteroatoms. The predicted octanol–water partition coefficient (Wildman–Crippen LogP) is 2.47. The van der Waals surface area contributed by atoms with Gasteiger partial charge in [0.05, 0.1) is 6.61 Å². The van der Waals surface area contributed by atoms with Gasteiger partial charge in [-0.15, -0.1) is 0 Å². The van der Waals surface area contributed by atoms with Crippen LogP contribution in [0, 0.1) is 12.7 Å². The maximum atomic E-state index is 13.4. The van der Waals surface area contributed by atoms with Gasteiger partial charge < -0.3 is 15.0 Å². The number of ether oxygens (including phenoxy) is 1.